The van der Waals surface area contributed by atoms with E-state index in [2.05, 4.69) is 249 Å². The van der Waals surface area contributed by atoms with Crippen LogP contribution in [-0.4, -0.2) is 4.57 Å². The molecule has 0 unspecified atom stereocenters. The molecule has 0 saturated heterocycles. The van der Waals surface area contributed by atoms with Gasteiger partial charge in [-0.1, -0.05) is 141 Å². The van der Waals surface area contributed by atoms with E-state index in [1.807, 2.05) is 0 Å². The fraction of sp³-hybridized carbons (Fsp3) is 0.206. The molecule has 0 amide bonds. The number of aryl methyl sites for hydroxylation is 1. The molecule has 0 bridgehead atoms. The lowest BCUT2D eigenvalue weighted by molar-refractivity contribution is 0.590. The molecule has 11 rings (SSSR count). The van der Waals surface area contributed by atoms with Crippen molar-refractivity contribution in [1.29, 1.82) is 0 Å². The first-order valence-electron chi connectivity index (χ1n) is 23.3. The molecule has 0 spiro atoms. The fourth-order valence-corrected chi connectivity index (χ4v) is 10.1. The molecule has 1 heterocycles. The van der Waals surface area contributed by atoms with E-state index in [1.165, 1.54) is 110 Å². The Morgan fingerprint density at radius 2 is 0.862 bits per heavy atom. The van der Waals surface area contributed by atoms with Crippen LogP contribution in [0, 0.1) is 6.92 Å². The van der Waals surface area contributed by atoms with Gasteiger partial charge in [-0.25, -0.2) is 0 Å². The van der Waals surface area contributed by atoms with Gasteiger partial charge in [-0.15, -0.1) is 0 Å². The number of aromatic nitrogens is 1. The molecule has 0 saturated carbocycles. The standard InChI is InChI=1S/C63H58N2/c1-39-19-22-48(63(8,9)10)38-60(39)64(49-18-14-17-41(29-49)40-15-12-11-13-16-40)50-25-20-42-32-52-54(34-44(42)30-50)53-33-43-21-26-51(31-45(43)35-55(52)53)65-58-27-23-46(61(2,3)4)36-56(58)57-37-47(62(5,6)7)24-28-59(57)65/h11-38H,1-10H3. The minimum atomic E-state index is 0.0167. The second kappa shape index (κ2) is 14.6. The molecule has 2 heteroatoms. The normalized spacial score (nSPS) is 12.8. The van der Waals surface area contributed by atoms with Crippen LogP contribution in [0.25, 0.3) is 82.4 Å². The van der Waals surface area contributed by atoms with Gasteiger partial charge in [0.2, 0.25) is 0 Å². The van der Waals surface area contributed by atoms with Crippen molar-refractivity contribution in [3.8, 4) is 39.1 Å². The number of hydrogen-bond donors (Lipinski definition) is 0. The highest BCUT2D eigenvalue weighted by molar-refractivity contribution is 6.13. The molecule has 0 N–H and O–H groups in total. The summed E-state index contributed by atoms with van der Waals surface area (Å²) in [6.07, 6.45) is 0. The van der Waals surface area contributed by atoms with Crippen LogP contribution in [-0.2, 0) is 16.2 Å². The van der Waals surface area contributed by atoms with E-state index in [0.717, 1.165) is 11.4 Å². The second-order valence-electron chi connectivity index (χ2n) is 21.7. The van der Waals surface area contributed by atoms with Crippen LogP contribution in [0.1, 0.15) is 84.6 Å². The molecule has 10 aromatic rings. The van der Waals surface area contributed by atoms with Crippen molar-refractivity contribution >= 4 is 60.4 Å². The predicted molar refractivity (Wildman–Crippen MR) is 281 cm³/mol. The van der Waals surface area contributed by atoms with Gasteiger partial charge in [0.05, 0.1) is 11.0 Å². The summed E-state index contributed by atoms with van der Waals surface area (Å²) < 4.78 is 2.48. The van der Waals surface area contributed by atoms with Crippen molar-refractivity contribution in [2.75, 3.05) is 4.90 Å². The Kier molecular flexibility index (Phi) is 9.15. The topological polar surface area (TPSA) is 8.17 Å². The Hall–Kier alpha value is -6.90. The van der Waals surface area contributed by atoms with Crippen LogP contribution in [0.15, 0.2) is 170 Å². The van der Waals surface area contributed by atoms with Gasteiger partial charge in [0.25, 0.3) is 0 Å². The zero-order valence-electron chi connectivity index (χ0n) is 39.6. The summed E-state index contributed by atoms with van der Waals surface area (Å²) in [4.78, 5) is 2.46. The first kappa shape index (κ1) is 40.8. The van der Waals surface area contributed by atoms with Crippen molar-refractivity contribution in [3.63, 3.8) is 0 Å². The van der Waals surface area contributed by atoms with Crippen LogP contribution in [0.2, 0.25) is 0 Å². The first-order valence-corrected chi connectivity index (χ1v) is 23.3. The van der Waals surface area contributed by atoms with E-state index in [9.17, 15) is 0 Å². The van der Waals surface area contributed by atoms with Gasteiger partial charge in [0.15, 0.2) is 0 Å². The van der Waals surface area contributed by atoms with Crippen molar-refractivity contribution in [2.24, 2.45) is 0 Å². The quantitative estimate of drug-likeness (QED) is 0.168. The van der Waals surface area contributed by atoms with E-state index >= 15 is 0 Å². The Morgan fingerprint density at radius 1 is 0.369 bits per heavy atom. The molecule has 0 fully saturated rings. The maximum atomic E-state index is 2.48. The largest absolute Gasteiger partial charge is 0.310 e. The molecule has 65 heavy (non-hydrogen) atoms. The minimum Gasteiger partial charge on any atom is -0.310 e. The highest BCUT2D eigenvalue weighted by atomic mass is 15.1. The smallest absolute Gasteiger partial charge is 0.0541 e. The van der Waals surface area contributed by atoms with E-state index in [-0.39, 0.29) is 16.2 Å². The van der Waals surface area contributed by atoms with Crippen molar-refractivity contribution in [3.05, 3.63) is 192 Å². The number of anilines is 3. The highest BCUT2D eigenvalue weighted by Gasteiger charge is 2.26. The number of hydrogen-bond acceptors (Lipinski definition) is 1. The van der Waals surface area contributed by atoms with Crippen LogP contribution in [0.4, 0.5) is 17.1 Å². The van der Waals surface area contributed by atoms with Gasteiger partial charge in [0, 0.05) is 33.5 Å². The Morgan fingerprint density at radius 3 is 1.45 bits per heavy atom. The highest BCUT2D eigenvalue weighted by Crippen LogP contribution is 2.51. The summed E-state index contributed by atoms with van der Waals surface area (Å²) >= 11 is 0. The summed E-state index contributed by atoms with van der Waals surface area (Å²) in [6.45, 7) is 23.0. The summed E-state index contributed by atoms with van der Waals surface area (Å²) in [5, 5.41) is 7.65. The van der Waals surface area contributed by atoms with Gasteiger partial charge in [0.1, 0.15) is 0 Å². The molecule has 2 nitrogen and oxygen atoms in total. The fourth-order valence-electron chi connectivity index (χ4n) is 10.1. The molecule has 320 valence electrons. The molecule has 9 aromatic carbocycles. The monoisotopic (exact) mass is 842 g/mol. The lowest BCUT2D eigenvalue weighted by Gasteiger charge is -2.30. The SMILES string of the molecule is Cc1ccc(C(C)(C)C)cc1N(c1cccc(-c2ccccc2)c1)c1ccc2cc3c(cc2c1)-c1cc2ccc(-n4c5ccc(C(C)(C)C)cc5c5cc(C(C)(C)C)ccc54)cc2cc1-3. The first-order chi connectivity index (χ1) is 31.0. The maximum Gasteiger partial charge on any atom is 0.0541 e. The third-order valence-electron chi connectivity index (χ3n) is 14.0. The predicted octanol–water partition coefficient (Wildman–Crippen LogP) is 18.1. The van der Waals surface area contributed by atoms with E-state index in [4.69, 9.17) is 0 Å². The lowest BCUT2D eigenvalue weighted by Crippen LogP contribution is -2.15. The van der Waals surface area contributed by atoms with Gasteiger partial charge >= 0.3 is 0 Å². The lowest BCUT2D eigenvalue weighted by atomic mass is 9.78. The zero-order valence-corrected chi connectivity index (χ0v) is 39.6. The Balaban J connectivity index is 1.01. The van der Waals surface area contributed by atoms with Crippen molar-refractivity contribution in [2.45, 2.75) is 85.5 Å². The van der Waals surface area contributed by atoms with Crippen LogP contribution >= 0.6 is 0 Å². The molecule has 0 atom stereocenters. The maximum absolute atomic E-state index is 2.48. The van der Waals surface area contributed by atoms with Crippen LogP contribution in [0.3, 0.4) is 0 Å². The van der Waals surface area contributed by atoms with E-state index in [1.54, 1.807) is 0 Å². The summed E-state index contributed by atoms with van der Waals surface area (Å²) in [6, 6.07) is 64.5. The van der Waals surface area contributed by atoms with E-state index < -0.39 is 0 Å². The number of benzene rings is 9. The van der Waals surface area contributed by atoms with Crippen molar-refractivity contribution < 1.29 is 0 Å². The van der Waals surface area contributed by atoms with Gasteiger partial charge in [-0.3, -0.25) is 0 Å². The van der Waals surface area contributed by atoms with Crippen molar-refractivity contribution in [1.82, 2.24) is 4.57 Å². The van der Waals surface area contributed by atoms with Crippen LogP contribution < -0.4 is 4.90 Å². The van der Waals surface area contributed by atoms with Gasteiger partial charge in [-0.2, -0.15) is 0 Å². The third kappa shape index (κ3) is 6.94. The molecule has 0 radical (unpaired) electrons. The average Bonchev–Trinajstić information content (AvgIpc) is 3.61. The van der Waals surface area contributed by atoms with E-state index in [0.29, 0.717) is 0 Å². The van der Waals surface area contributed by atoms with Crippen LogP contribution in [0.5, 0.6) is 0 Å². The summed E-state index contributed by atoms with van der Waals surface area (Å²) in [5.74, 6) is 0. The third-order valence-corrected chi connectivity index (χ3v) is 14.0. The zero-order chi connectivity index (χ0) is 45.2. The number of rotatable bonds is 5. The molecule has 1 aliphatic rings. The minimum absolute atomic E-state index is 0.0167. The number of fused-ring (bicyclic) bond motifs is 9. The molecule has 0 aliphatic heterocycles. The molecular weight excluding hydrogens is 785 g/mol. The molecule has 1 aromatic heterocycles. The second-order valence-corrected chi connectivity index (χ2v) is 21.7. The molecule has 1 aliphatic carbocycles. The molecular formula is C63H58N2. The summed E-state index contributed by atoms with van der Waals surface area (Å²) in [5.41, 5.74) is 20.3. The Bertz CT molecular complexity index is 3470. The Labute approximate surface area is 384 Å². The van der Waals surface area contributed by atoms with Gasteiger partial charge < -0.3 is 9.47 Å². The number of nitrogens with zero attached hydrogens (tertiary/aromatic N) is 2. The summed E-state index contributed by atoms with van der Waals surface area (Å²) in [7, 11) is 0. The van der Waals surface area contributed by atoms with Gasteiger partial charge in [-0.05, 0) is 191 Å². The average molecular weight is 843 g/mol.